The maximum absolute atomic E-state index is 12.6. The summed E-state index contributed by atoms with van der Waals surface area (Å²) in [5.41, 5.74) is 0.400. The van der Waals surface area contributed by atoms with Gasteiger partial charge in [0, 0.05) is 18.2 Å². The molecule has 0 aliphatic heterocycles. The van der Waals surface area contributed by atoms with E-state index in [2.05, 4.69) is 10.1 Å². The number of fused-ring (bicyclic) bond motifs is 1. The van der Waals surface area contributed by atoms with Crippen LogP contribution in [0.3, 0.4) is 0 Å². The molecule has 1 N–H and O–H groups in total. The van der Waals surface area contributed by atoms with Gasteiger partial charge in [-0.05, 0) is 11.5 Å². The fourth-order valence-electron chi connectivity index (χ4n) is 1.77. The quantitative estimate of drug-likeness (QED) is 0.842. The zero-order valence-corrected chi connectivity index (χ0v) is 9.66. The molecule has 0 radical (unpaired) electrons. The molecule has 1 atom stereocenters. The van der Waals surface area contributed by atoms with Crippen LogP contribution in [-0.2, 0) is 4.74 Å². The average molecular weight is 255 g/mol. The number of benzene rings is 2. The molecule has 0 aliphatic carbocycles. The molecule has 2 nitrogen and oxygen atoms in total. The summed E-state index contributed by atoms with van der Waals surface area (Å²) in [6.07, 6.45) is -6.46. The summed E-state index contributed by atoms with van der Waals surface area (Å²) in [7, 11) is 1.02. The third kappa shape index (κ3) is 2.56. The van der Waals surface area contributed by atoms with Gasteiger partial charge in [0.05, 0.1) is 0 Å². The van der Waals surface area contributed by atoms with Gasteiger partial charge in [-0.2, -0.15) is 13.2 Å². The normalized spacial score (nSPS) is 13.6. The van der Waals surface area contributed by atoms with Crippen LogP contribution in [0.15, 0.2) is 42.5 Å². The molecule has 2 aromatic carbocycles. The van der Waals surface area contributed by atoms with E-state index in [1.807, 2.05) is 18.2 Å². The van der Waals surface area contributed by atoms with Crippen molar-refractivity contribution in [3.05, 3.63) is 42.5 Å². The third-order valence-corrected chi connectivity index (χ3v) is 2.61. The molecule has 0 bridgehead atoms. The van der Waals surface area contributed by atoms with E-state index in [9.17, 15) is 13.2 Å². The highest BCUT2D eigenvalue weighted by molar-refractivity contribution is 5.93. The van der Waals surface area contributed by atoms with E-state index in [-0.39, 0.29) is 0 Å². The minimum atomic E-state index is -4.45. The Hall–Kier alpha value is -1.75. The van der Waals surface area contributed by atoms with E-state index in [0.29, 0.717) is 5.69 Å². The first-order chi connectivity index (χ1) is 8.52. The maximum atomic E-state index is 12.6. The van der Waals surface area contributed by atoms with E-state index >= 15 is 0 Å². The van der Waals surface area contributed by atoms with Gasteiger partial charge in [-0.25, -0.2) is 0 Å². The van der Waals surface area contributed by atoms with Crippen molar-refractivity contribution >= 4 is 16.5 Å². The SMILES string of the molecule is COC(Nc1cccc2ccccc12)C(F)(F)F. The Morgan fingerprint density at radius 1 is 1.06 bits per heavy atom. The van der Waals surface area contributed by atoms with Gasteiger partial charge in [0.1, 0.15) is 0 Å². The Bertz CT molecular complexity index is 534. The lowest BCUT2D eigenvalue weighted by molar-refractivity contribution is -0.202. The van der Waals surface area contributed by atoms with Crippen LogP contribution >= 0.6 is 0 Å². The summed E-state index contributed by atoms with van der Waals surface area (Å²) in [5, 5.41) is 3.97. The number of nitrogens with one attached hydrogen (secondary N) is 1. The zero-order valence-electron chi connectivity index (χ0n) is 9.66. The molecule has 0 saturated heterocycles. The molecule has 2 aromatic rings. The van der Waals surface area contributed by atoms with E-state index < -0.39 is 12.4 Å². The molecular weight excluding hydrogens is 243 g/mol. The summed E-state index contributed by atoms with van der Waals surface area (Å²) in [5.74, 6) is 0. The molecule has 5 heteroatoms. The van der Waals surface area contributed by atoms with Gasteiger partial charge in [0.15, 0.2) is 0 Å². The lowest BCUT2D eigenvalue weighted by Gasteiger charge is -2.21. The predicted molar refractivity (Wildman–Crippen MR) is 64.4 cm³/mol. The van der Waals surface area contributed by atoms with Crippen molar-refractivity contribution < 1.29 is 17.9 Å². The minimum Gasteiger partial charge on any atom is -0.353 e. The van der Waals surface area contributed by atoms with Crippen LogP contribution in [0.25, 0.3) is 10.8 Å². The number of methoxy groups -OCH3 is 1. The monoisotopic (exact) mass is 255 g/mol. The number of rotatable bonds is 3. The molecule has 0 aromatic heterocycles. The molecule has 0 spiro atoms. The van der Waals surface area contributed by atoms with Crippen LogP contribution in [0.1, 0.15) is 0 Å². The molecule has 18 heavy (non-hydrogen) atoms. The van der Waals surface area contributed by atoms with E-state index in [1.54, 1.807) is 24.3 Å². The summed E-state index contributed by atoms with van der Waals surface area (Å²) < 4.78 is 42.3. The first kappa shape index (κ1) is 12.7. The number of anilines is 1. The van der Waals surface area contributed by atoms with Crippen LogP contribution < -0.4 is 5.32 Å². The lowest BCUT2D eigenvalue weighted by atomic mass is 10.1. The Balaban J connectivity index is 2.37. The molecule has 1 unspecified atom stereocenters. The zero-order chi connectivity index (χ0) is 13.2. The highest BCUT2D eigenvalue weighted by atomic mass is 19.4. The predicted octanol–water partition coefficient (Wildman–Crippen LogP) is 3.79. The van der Waals surface area contributed by atoms with Crippen LogP contribution in [-0.4, -0.2) is 19.5 Å². The van der Waals surface area contributed by atoms with Crippen molar-refractivity contribution in [2.45, 2.75) is 12.4 Å². The number of ether oxygens (including phenoxy) is 1. The summed E-state index contributed by atoms with van der Waals surface area (Å²) in [6, 6.07) is 12.4. The molecule has 0 aliphatic rings. The third-order valence-electron chi connectivity index (χ3n) is 2.61. The van der Waals surface area contributed by atoms with Gasteiger partial charge in [-0.3, -0.25) is 0 Å². The molecule has 0 heterocycles. The van der Waals surface area contributed by atoms with Gasteiger partial charge in [0.2, 0.25) is 6.23 Å². The second-order valence-electron chi connectivity index (χ2n) is 3.83. The highest BCUT2D eigenvalue weighted by Gasteiger charge is 2.40. The van der Waals surface area contributed by atoms with Gasteiger partial charge in [-0.1, -0.05) is 36.4 Å². The maximum Gasteiger partial charge on any atom is 0.433 e. The number of hydrogen-bond acceptors (Lipinski definition) is 2. The van der Waals surface area contributed by atoms with Crippen molar-refractivity contribution in [3.8, 4) is 0 Å². The van der Waals surface area contributed by atoms with E-state index in [0.717, 1.165) is 17.9 Å². The fraction of sp³-hybridized carbons (Fsp3) is 0.231. The number of halogens is 3. The van der Waals surface area contributed by atoms with Crippen molar-refractivity contribution in [1.82, 2.24) is 0 Å². The van der Waals surface area contributed by atoms with Crippen LogP contribution in [0.5, 0.6) is 0 Å². The first-order valence-electron chi connectivity index (χ1n) is 5.36. The second kappa shape index (κ2) is 4.86. The average Bonchev–Trinajstić information content (AvgIpc) is 2.34. The van der Waals surface area contributed by atoms with Crippen LogP contribution in [0.4, 0.5) is 18.9 Å². The fourth-order valence-corrected chi connectivity index (χ4v) is 1.77. The van der Waals surface area contributed by atoms with E-state index in [1.165, 1.54) is 0 Å². The minimum absolute atomic E-state index is 0.400. The van der Waals surface area contributed by atoms with Gasteiger partial charge in [0.25, 0.3) is 0 Å². The largest absolute Gasteiger partial charge is 0.433 e. The van der Waals surface area contributed by atoms with Gasteiger partial charge >= 0.3 is 6.18 Å². The summed E-state index contributed by atoms with van der Waals surface area (Å²) in [4.78, 5) is 0. The van der Waals surface area contributed by atoms with Crippen molar-refractivity contribution in [1.29, 1.82) is 0 Å². The Kier molecular flexibility index (Phi) is 3.43. The topological polar surface area (TPSA) is 21.3 Å². The standard InChI is InChI=1S/C13H12F3NO/c1-18-12(13(14,15)16)17-11-8-4-6-9-5-2-3-7-10(9)11/h2-8,12,17H,1H3. The van der Waals surface area contributed by atoms with Crippen LogP contribution in [0.2, 0.25) is 0 Å². The Morgan fingerprint density at radius 2 is 1.72 bits per heavy atom. The molecule has 0 fully saturated rings. The highest BCUT2D eigenvalue weighted by Crippen LogP contribution is 2.28. The summed E-state index contributed by atoms with van der Waals surface area (Å²) >= 11 is 0. The molecule has 0 saturated carbocycles. The van der Waals surface area contributed by atoms with Gasteiger partial charge in [-0.15, -0.1) is 0 Å². The molecule has 2 rings (SSSR count). The van der Waals surface area contributed by atoms with Crippen molar-refractivity contribution in [2.24, 2.45) is 0 Å². The smallest absolute Gasteiger partial charge is 0.353 e. The number of hydrogen-bond donors (Lipinski definition) is 1. The van der Waals surface area contributed by atoms with E-state index in [4.69, 9.17) is 0 Å². The van der Waals surface area contributed by atoms with Gasteiger partial charge < -0.3 is 10.1 Å². The first-order valence-corrected chi connectivity index (χ1v) is 5.36. The molecular formula is C13H12F3NO. The molecule has 0 amide bonds. The molecule has 96 valence electrons. The summed E-state index contributed by atoms with van der Waals surface area (Å²) in [6.45, 7) is 0. The Labute approximate surface area is 102 Å². The van der Waals surface area contributed by atoms with Crippen LogP contribution in [0, 0.1) is 0 Å². The lowest BCUT2D eigenvalue weighted by Crippen LogP contribution is -2.37. The van der Waals surface area contributed by atoms with Crippen molar-refractivity contribution in [2.75, 3.05) is 12.4 Å². The van der Waals surface area contributed by atoms with Crippen molar-refractivity contribution in [3.63, 3.8) is 0 Å². The Morgan fingerprint density at radius 3 is 2.39 bits per heavy atom. The second-order valence-corrected chi connectivity index (χ2v) is 3.83. The number of alkyl halides is 3.